The molecule has 4 rings (SSSR count). The molecule has 35 heavy (non-hydrogen) atoms. The Bertz CT molecular complexity index is 1130. The number of benzene rings is 1. The van der Waals surface area contributed by atoms with E-state index in [2.05, 4.69) is 22.0 Å². The molecule has 11 heteroatoms. The van der Waals surface area contributed by atoms with Gasteiger partial charge < -0.3 is 25.8 Å². The van der Waals surface area contributed by atoms with E-state index in [0.29, 0.717) is 30.0 Å². The summed E-state index contributed by atoms with van der Waals surface area (Å²) in [6, 6.07) is 9.97. The second kappa shape index (κ2) is 10.5. The number of rotatable bonds is 4. The zero-order chi connectivity index (χ0) is 25.9. The molecule has 0 unspecified atom stereocenters. The molecule has 0 radical (unpaired) electrons. The van der Waals surface area contributed by atoms with Gasteiger partial charge in [-0.15, -0.1) is 0 Å². The van der Waals surface area contributed by atoms with E-state index in [-0.39, 0.29) is 5.56 Å². The lowest BCUT2D eigenvalue weighted by Gasteiger charge is -2.29. The minimum atomic E-state index is -5.08. The summed E-state index contributed by atoms with van der Waals surface area (Å²) in [6.45, 7) is 4.02. The Hall–Kier alpha value is -3.34. The number of aromatic carboxylic acids is 1. The number of nitrogens with zero attached hydrogens (tertiary/aromatic N) is 1. The van der Waals surface area contributed by atoms with Crippen LogP contribution in [0.15, 0.2) is 35.1 Å². The highest BCUT2D eigenvalue weighted by Gasteiger charge is 2.39. The molecule has 190 valence electrons. The Labute approximate surface area is 199 Å². The Kier molecular flexibility index (Phi) is 7.89. The summed E-state index contributed by atoms with van der Waals surface area (Å²) in [6.07, 6.45) is -0.812. The highest BCUT2D eigenvalue weighted by Crippen LogP contribution is 2.38. The predicted molar refractivity (Wildman–Crippen MR) is 124 cm³/mol. The van der Waals surface area contributed by atoms with Gasteiger partial charge in [0, 0.05) is 24.8 Å². The number of aromatic amines is 1. The number of halogens is 3. The first-order valence-electron chi connectivity index (χ1n) is 11.3. The van der Waals surface area contributed by atoms with Crippen LogP contribution in [0.5, 0.6) is 0 Å². The first-order valence-corrected chi connectivity index (χ1v) is 11.3. The molecule has 2 fully saturated rings. The first-order chi connectivity index (χ1) is 16.4. The number of alkyl halides is 3. The largest absolute Gasteiger partial charge is 0.490 e. The van der Waals surface area contributed by atoms with Gasteiger partial charge in [0.1, 0.15) is 5.56 Å². The van der Waals surface area contributed by atoms with Crippen LogP contribution in [0.25, 0.3) is 11.3 Å². The maximum atomic E-state index is 12.1. The molecule has 8 nitrogen and oxygen atoms in total. The number of aliphatic carboxylic acids is 1. The maximum absolute atomic E-state index is 12.1. The summed E-state index contributed by atoms with van der Waals surface area (Å²) < 4.78 is 31.7. The van der Waals surface area contributed by atoms with Crippen LogP contribution < -0.4 is 16.2 Å². The Morgan fingerprint density at radius 1 is 1.14 bits per heavy atom. The number of aryl methyl sites for hydroxylation is 1. The normalized spacial score (nSPS) is 21.6. The molecule has 1 aliphatic carbocycles. The predicted octanol–water partition coefficient (Wildman–Crippen LogP) is 3.50. The van der Waals surface area contributed by atoms with Gasteiger partial charge in [-0.05, 0) is 60.4 Å². The Morgan fingerprint density at radius 3 is 2.29 bits per heavy atom. The van der Waals surface area contributed by atoms with Crippen molar-refractivity contribution in [3.8, 4) is 11.3 Å². The summed E-state index contributed by atoms with van der Waals surface area (Å²) in [5.41, 5.74) is 9.14. The van der Waals surface area contributed by atoms with Crippen molar-refractivity contribution in [2.45, 2.75) is 44.8 Å². The molecule has 1 aliphatic heterocycles. The van der Waals surface area contributed by atoms with Gasteiger partial charge in [-0.2, -0.15) is 13.2 Å². The third-order valence-electron chi connectivity index (χ3n) is 6.65. The fourth-order valence-corrected chi connectivity index (χ4v) is 4.83. The summed E-state index contributed by atoms with van der Waals surface area (Å²) >= 11 is 0. The van der Waals surface area contributed by atoms with E-state index in [0.717, 1.165) is 30.6 Å². The average Bonchev–Trinajstić information content (AvgIpc) is 3.24. The number of carboxylic acid groups (broad SMARTS) is 2. The van der Waals surface area contributed by atoms with Crippen molar-refractivity contribution in [2.24, 2.45) is 17.6 Å². The van der Waals surface area contributed by atoms with Gasteiger partial charge in [-0.1, -0.05) is 25.5 Å². The second-order valence-corrected chi connectivity index (χ2v) is 8.84. The fraction of sp³-hybridized carbons (Fsp3) is 0.458. The van der Waals surface area contributed by atoms with E-state index >= 15 is 0 Å². The number of pyridine rings is 1. The van der Waals surface area contributed by atoms with E-state index in [9.17, 15) is 27.9 Å². The monoisotopic (exact) mass is 495 g/mol. The van der Waals surface area contributed by atoms with Crippen LogP contribution in [0.1, 0.15) is 42.1 Å². The van der Waals surface area contributed by atoms with E-state index in [4.69, 9.17) is 15.6 Å². The minimum Gasteiger partial charge on any atom is -0.477 e. The summed E-state index contributed by atoms with van der Waals surface area (Å²) in [4.78, 5) is 37.4. The summed E-state index contributed by atoms with van der Waals surface area (Å²) in [7, 11) is 0. The molecule has 2 heterocycles. The number of carboxylic acids is 2. The van der Waals surface area contributed by atoms with Gasteiger partial charge in [-0.3, -0.25) is 4.79 Å². The molecule has 0 bridgehead atoms. The topological polar surface area (TPSA) is 137 Å². The molecular weight excluding hydrogens is 467 g/mol. The SMILES string of the molecule is CCc1cc(C(=O)O)c(=O)[nH]c1-c1ccc(N2C[C@H]3CCC[C@H](N)[C@H]3C2)cc1.O=C(O)C(F)(F)F. The lowest BCUT2D eigenvalue weighted by Crippen LogP contribution is -2.38. The van der Waals surface area contributed by atoms with Crippen LogP contribution in [0.3, 0.4) is 0 Å². The molecule has 5 N–H and O–H groups in total. The molecule has 1 aromatic heterocycles. The molecule has 0 amide bonds. The van der Waals surface area contributed by atoms with Crippen molar-refractivity contribution >= 4 is 17.6 Å². The lowest BCUT2D eigenvalue weighted by atomic mass is 9.78. The molecule has 1 saturated heterocycles. The van der Waals surface area contributed by atoms with Gasteiger partial charge in [0.15, 0.2) is 0 Å². The van der Waals surface area contributed by atoms with Gasteiger partial charge >= 0.3 is 18.1 Å². The van der Waals surface area contributed by atoms with E-state index in [1.165, 1.54) is 24.6 Å². The van der Waals surface area contributed by atoms with Gasteiger partial charge in [-0.25, -0.2) is 9.59 Å². The summed E-state index contributed by atoms with van der Waals surface area (Å²) in [5.74, 6) is -2.69. The quantitative estimate of drug-likeness (QED) is 0.510. The molecule has 0 spiro atoms. The van der Waals surface area contributed by atoms with Crippen LogP contribution in [0, 0.1) is 11.8 Å². The van der Waals surface area contributed by atoms with Crippen molar-refractivity contribution in [3.63, 3.8) is 0 Å². The maximum Gasteiger partial charge on any atom is 0.490 e. The van der Waals surface area contributed by atoms with Crippen LogP contribution >= 0.6 is 0 Å². The third-order valence-corrected chi connectivity index (χ3v) is 6.65. The number of fused-ring (bicyclic) bond motifs is 1. The van der Waals surface area contributed by atoms with Crippen LogP contribution in [-0.2, 0) is 11.2 Å². The van der Waals surface area contributed by atoms with E-state index in [1.54, 1.807) is 0 Å². The summed E-state index contributed by atoms with van der Waals surface area (Å²) in [5, 5.41) is 16.3. The third kappa shape index (κ3) is 6.02. The number of nitrogens with one attached hydrogen (secondary N) is 1. The van der Waals surface area contributed by atoms with Gasteiger partial charge in [0.25, 0.3) is 5.56 Å². The number of H-pyrrole nitrogens is 1. The van der Waals surface area contributed by atoms with Crippen LogP contribution in [0.4, 0.5) is 18.9 Å². The second-order valence-electron chi connectivity index (χ2n) is 8.84. The molecule has 1 aromatic carbocycles. The molecule has 2 aliphatic rings. The standard InChI is InChI=1S/C22H27N3O3.C2HF3O2/c1-2-13-10-17(22(27)28)21(26)24-20(13)14-6-8-16(9-7-14)25-11-15-4-3-5-19(23)18(15)12-25;3-2(4,5)1(6)7/h6-10,15,18-19H,2-5,11-12,23H2,1H3,(H,24,26)(H,27,28);(H,6,7)/t15-,18+,19+;/m1./s1. The van der Waals surface area contributed by atoms with Crippen molar-refractivity contribution < 1.29 is 33.0 Å². The zero-order valence-corrected chi connectivity index (χ0v) is 19.1. The zero-order valence-electron chi connectivity index (χ0n) is 19.1. The van der Waals surface area contributed by atoms with Crippen molar-refractivity contribution in [3.05, 3.63) is 51.8 Å². The van der Waals surface area contributed by atoms with Crippen molar-refractivity contribution in [2.75, 3.05) is 18.0 Å². The Morgan fingerprint density at radius 2 is 1.77 bits per heavy atom. The van der Waals surface area contributed by atoms with Crippen LogP contribution in [0.2, 0.25) is 0 Å². The lowest BCUT2D eigenvalue weighted by molar-refractivity contribution is -0.192. The molecule has 1 saturated carbocycles. The number of hydrogen-bond donors (Lipinski definition) is 4. The highest BCUT2D eigenvalue weighted by atomic mass is 19.4. The van der Waals surface area contributed by atoms with Gasteiger partial charge in [0.2, 0.25) is 0 Å². The smallest absolute Gasteiger partial charge is 0.477 e. The number of carbonyl (C=O) groups is 2. The molecule has 3 atom stereocenters. The average molecular weight is 495 g/mol. The first kappa shape index (κ1) is 26.3. The minimum absolute atomic E-state index is 0.215. The fourth-order valence-electron chi connectivity index (χ4n) is 4.83. The number of nitrogens with two attached hydrogens (primary N) is 1. The van der Waals surface area contributed by atoms with Gasteiger partial charge in [0.05, 0.1) is 5.69 Å². The Balaban J connectivity index is 0.000000429. The molecule has 2 aromatic rings. The number of aromatic nitrogens is 1. The molecular formula is C24H28F3N3O5. The number of anilines is 1. The van der Waals surface area contributed by atoms with Crippen molar-refractivity contribution in [1.29, 1.82) is 0 Å². The van der Waals surface area contributed by atoms with Crippen LogP contribution in [-0.4, -0.2) is 52.4 Å². The highest BCUT2D eigenvalue weighted by molar-refractivity contribution is 5.88. The van der Waals surface area contributed by atoms with E-state index < -0.39 is 23.7 Å². The van der Waals surface area contributed by atoms with E-state index in [1.807, 2.05) is 19.1 Å². The van der Waals surface area contributed by atoms with Crippen molar-refractivity contribution in [1.82, 2.24) is 4.98 Å². The number of hydrogen-bond acceptors (Lipinski definition) is 5.